The van der Waals surface area contributed by atoms with Crippen LogP contribution < -0.4 is 9.62 Å². The molecule has 1 N–H and O–H groups in total. The van der Waals surface area contributed by atoms with E-state index in [0.29, 0.717) is 6.54 Å². The summed E-state index contributed by atoms with van der Waals surface area (Å²) >= 11 is 0. The van der Waals surface area contributed by atoms with E-state index in [9.17, 15) is 8.42 Å². The number of nitrogens with zero attached hydrogens (tertiary/aromatic N) is 2. The lowest BCUT2D eigenvalue weighted by Gasteiger charge is -2.28. The molecule has 114 valence electrons. The minimum atomic E-state index is -3.41. The highest BCUT2D eigenvalue weighted by Crippen LogP contribution is 2.13. The lowest BCUT2D eigenvalue weighted by Crippen LogP contribution is -2.46. The van der Waals surface area contributed by atoms with Crippen molar-refractivity contribution >= 4 is 15.9 Å². The zero-order valence-electron chi connectivity index (χ0n) is 12.9. The molecular formula is C14H25N3O2S. The number of hydrogen-bond acceptors (Lipinski definition) is 3. The highest BCUT2D eigenvalue weighted by Gasteiger charge is 2.21. The molecule has 0 saturated carbocycles. The van der Waals surface area contributed by atoms with Gasteiger partial charge in [0.25, 0.3) is 10.2 Å². The first-order chi connectivity index (χ1) is 9.25. The summed E-state index contributed by atoms with van der Waals surface area (Å²) in [5.74, 6) is 0. The van der Waals surface area contributed by atoms with Crippen LogP contribution in [0.3, 0.4) is 0 Å². The summed E-state index contributed by atoms with van der Waals surface area (Å²) in [4.78, 5) is 2.05. The van der Waals surface area contributed by atoms with Crippen molar-refractivity contribution in [3.8, 4) is 0 Å². The fourth-order valence-corrected chi connectivity index (χ4v) is 2.87. The molecule has 0 aliphatic carbocycles. The lowest BCUT2D eigenvalue weighted by molar-refractivity contribution is 0.401. The SMILES string of the molecule is CC(C)N(C)S(=O)(=O)NC[C@H](C)N(C)c1ccccc1. The Bertz CT molecular complexity index is 502. The Balaban J connectivity index is 2.62. The maximum Gasteiger partial charge on any atom is 0.279 e. The first-order valence-electron chi connectivity index (χ1n) is 6.76. The van der Waals surface area contributed by atoms with Crippen molar-refractivity contribution in [3.05, 3.63) is 30.3 Å². The van der Waals surface area contributed by atoms with Crippen LogP contribution in [0.4, 0.5) is 5.69 Å². The van der Waals surface area contributed by atoms with Crippen LogP contribution in [-0.4, -0.2) is 45.4 Å². The van der Waals surface area contributed by atoms with E-state index in [0.717, 1.165) is 5.69 Å². The first kappa shape index (κ1) is 16.9. The Kier molecular flexibility index (Phi) is 5.98. The molecule has 0 aliphatic rings. The predicted molar refractivity (Wildman–Crippen MR) is 84.1 cm³/mol. The third-order valence-electron chi connectivity index (χ3n) is 3.49. The summed E-state index contributed by atoms with van der Waals surface area (Å²) in [7, 11) is 0.127. The van der Waals surface area contributed by atoms with E-state index in [-0.39, 0.29) is 12.1 Å². The van der Waals surface area contributed by atoms with Crippen LogP contribution in [0.2, 0.25) is 0 Å². The first-order valence-corrected chi connectivity index (χ1v) is 8.20. The molecule has 1 rings (SSSR count). The van der Waals surface area contributed by atoms with Crippen LogP contribution in [-0.2, 0) is 10.2 Å². The van der Waals surface area contributed by atoms with Crippen molar-refractivity contribution in [2.75, 3.05) is 25.5 Å². The Labute approximate surface area is 122 Å². The molecule has 0 bridgehead atoms. The van der Waals surface area contributed by atoms with Crippen molar-refractivity contribution < 1.29 is 8.42 Å². The number of hydrogen-bond donors (Lipinski definition) is 1. The summed E-state index contributed by atoms with van der Waals surface area (Å²) < 4.78 is 28.0. The van der Waals surface area contributed by atoms with Gasteiger partial charge in [0.2, 0.25) is 0 Å². The molecule has 1 atom stereocenters. The predicted octanol–water partition coefficient (Wildman–Crippen LogP) is 1.69. The maximum atomic E-state index is 12.0. The third-order valence-corrected chi connectivity index (χ3v) is 5.20. The average Bonchev–Trinajstić information content (AvgIpc) is 2.44. The molecule has 0 aromatic heterocycles. The van der Waals surface area contributed by atoms with Gasteiger partial charge in [-0.05, 0) is 32.9 Å². The molecule has 1 aromatic carbocycles. The minimum Gasteiger partial charge on any atom is -0.371 e. The van der Waals surface area contributed by atoms with E-state index >= 15 is 0 Å². The molecule has 0 unspecified atom stereocenters. The standard InChI is InChI=1S/C14H25N3O2S/c1-12(2)17(5)20(18,19)15-11-13(3)16(4)14-9-7-6-8-10-14/h6-10,12-13,15H,11H2,1-5H3/t13-/m0/s1. The van der Waals surface area contributed by atoms with Gasteiger partial charge in [-0.25, -0.2) is 4.72 Å². The number of anilines is 1. The second kappa shape index (κ2) is 7.06. The zero-order chi connectivity index (χ0) is 15.3. The van der Waals surface area contributed by atoms with Crippen molar-refractivity contribution in [3.63, 3.8) is 0 Å². The van der Waals surface area contributed by atoms with E-state index in [2.05, 4.69) is 9.62 Å². The van der Waals surface area contributed by atoms with Crippen LogP contribution in [0.1, 0.15) is 20.8 Å². The van der Waals surface area contributed by atoms with E-state index in [1.165, 1.54) is 4.31 Å². The van der Waals surface area contributed by atoms with Crippen molar-refractivity contribution in [2.45, 2.75) is 32.9 Å². The molecular weight excluding hydrogens is 274 g/mol. The van der Waals surface area contributed by atoms with Gasteiger partial charge in [-0.2, -0.15) is 12.7 Å². The number of rotatable bonds is 7. The lowest BCUT2D eigenvalue weighted by atomic mass is 10.2. The molecule has 0 fully saturated rings. The highest BCUT2D eigenvalue weighted by molar-refractivity contribution is 7.87. The second-order valence-electron chi connectivity index (χ2n) is 5.26. The average molecular weight is 299 g/mol. The Hall–Kier alpha value is -1.11. The van der Waals surface area contributed by atoms with E-state index in [1.54, 1.807) is 7.05 Å². The normalized spacial score (nSPS) is 13.8. The van der Waals surface area contributed by atoms with Gasteiger partial charge in [0, 0.05) is 38.4 Å². The zero-order valence-corrected chi connectivity index (χ0v) is 13.7. The molecule has 0 aliphatic heterocycles. The molecule has 0 saturated heterocycles. The van der Waals surface area contributed by atoms with Gasteiger partial charge >= 0.3 is 0 Å². The molecule has 0 radical (unpaired) electrons. The summed E-state index contributed by atoms with van der Waals surface area (Å²) in [6.07, 6.45) is 0. The van der Waals surface area contributed by atoms with Gasteiger partial charge in [0.1, 0.15) is 0 Å². The van der Waals surface area contributed by atoms with Crippen molar-refractivity contribution in [1.29, 1.82) is 0 Å². The van der Waals surface area contributed by atoms with E-state index in [1.807, 2.05) is 58.2 Å². The Morgan fingerprint density at radius 3 is 2.15 bits per heavy atom. The Morgan fingerprint density at radius 1 is 1.10 bits per heavy atom. The van der Waals surface area contributed by atoms with Gasteiger partial charge in [0.15, 0.2) is 0 Å². The molecule has 1 aromatic rings. The molecule has 20 heavy (non-hydrogen) atoms. The summed E-state index contributed by atoms with van der Waals surface area (Å²) in [5.41, 5.74) is 1.07. The van der Waals surface area contributed by atoms with Gasteiger partial charge in [0.05, 0.1) is 0 Å². The largest absolute Gasteiger partial charge is 0.371 e. The maximum absolute atomic E-state index is 12.0. The topological polar surface area (TPSA) is 52.7 Å². The van der Waals surface area contributed by atoms with Gasteiger partial charge in [-0.3, -0.25) is 0 Å². The van der Waals surface area contributed by atoms with Crippen LogP contribution in [0.25, 0.3) is 0 Å². The van der Waals surface area contributed by atoms with Crippen LogP contribution in [0.5, 0.6) is 0 Å². The number of nitrogens with one attached hydrogen (secondary N) is 1. The second-order valence-corrected chi connectivity index (χ2v) is 7.07. The minimum absolute atomic E-state index is 0.0605. The quantitative estimate of drug-likeness (QED) is 0.833. The van der Waals surface area contributed by atoms with Gasteiger partial charge < -0.3 is 4.90 Å². The molecule has 0 amide bonds. The van der Waals surface area contributed by atoms with Crippen LogP contribution in [0, 0.1) is 0 Å². The number of para-hydroxylation sites is 1. The van der Waals surface area contributed by atoms with Crippen molar-refractivity contribution in [1.82, 2.24) is 9.03 Å². The third kappa shape index (κ3) is 4.47. The molecule has 0 spiro atoms. The fraction of sp³-hybridized carbons (Fsp3) is 0.571. The van der Waals surface area contributed by atoms with Gasteiger partial charge in [-0.1, -0.05) is 18.2 Å². The Morgan fingerprint density at radius 2 is 1.65 bits per heavy atom. The summed E-state index contributed by atoms with van der Waals surface area (Å²) in [6.45, 7) is 6.05. The molecule has 5 nitrogen and oxygen atoms in total. The number of likely N-dealkylation sites (N-methyl/N-ethyl adjacent to an activating group) is 1. The highest BCUT2D eigenvalue weighted by atomic mass is 32.2. The fourth-order valence-electron chi connectivity index (χ4n) is 1.66. The summed E-state index contributed by atoms with van der Waals surface area (Å²) in [6, 6.07) is 9.91. The van der Waals surface area contributed by atoms with Crippen LogP contribution in [0.15, 0.2) is 30.3 Å². The monoisotopic (exact) mass is 299 g/mol. The van der Waals surface area contributed by atoms with Crippen LogP contribution >= 0.6 is 0 Å². The van der Waals surface area contributed by atoms with E-state index in [4.69, 9.17) is 0 Å². The molecule has 6 heteroatoms. The van der Waals surface area contributed by atoms with Gasteiger partial charge in [-0.15, -0.1) is 0 Å². The summed E-state index contributed by atoms with van der Waals surface area (Å²) in [5, 5.41) is 0. The molecule has 0 heterocycles. The smallest absolute Gasteiger partial charge is 0.279 e. The van der Waals surface area contributed by atoms with Crippen molar-refractivity contribution in [2.24, 2.45) is 0 Å². The number of benzene rings is 1. The van der Waals surface area contributed by atoms with E-state index < -0.39 is 10.2 Å².